The summed E-state index contributed by atoms with van der Waals surface area (Å²) in [5.74, 6) is 1.16. The molecule has 2 aromatic rings. The Labute approximate surface area is 142 Å². The fourth-order valence-electron chi connectivity index (χ4n) is 2.13. The number of hydrogen-bond donors (Lipinski definition) is 2. The van der Waals surface area contributed by atoms with Gasteiger partial charge in [0.25, 0.3) is 0 Å². The number of furan rings is 1. The summed E-state index contributed by atoms with van der Waals surface area (Å²) in [7, 11) is 0. The van der Waals surface area contributed by atoms with Crippen LogP contribution >= 0.6 is 23.1 Å². The van der Waals surface area contributed by atoms with Crippen molar-refractivity contribution in [2.45, 2.75) is 29.8 Å². The molecule has 1 aliphatic heterocycles. The van der Waals surface area contributed by atoms with E-state index in [0.717, 1.165) is 29.5 Å². The maximum Gasteiger partial charge on any atom is 0.230 e. The number of ether oxygens (including phenoxy) is 1. The van der Waals surface area contributed by atoms with Crippen LogP contribution in [0.4, 0.5) is 5.13 Å². The number of carbonyl (C=O) groups excluding carboxylic acids is 1. The minimum Gasteiger partial charge on any atom is -0.467 e. The Kier molecular flexibility index (Phi) is 5.89. The predicted octanol–water partition coefficient (Wildman–Crippen LogP) is 2.13. The summed E-state index contributed by atoms with van der Waals surface area (Å²) in [6.45, 7) is 1.95. The summed E-state index contributed by atoms with van der Waals surface area (Å²) in [5.41, 5.74) is 0. The van der Waals surface area contributed by atoms with Gasteiger partial charge in [0.1, 0.15) is 5.76 Å². The number of thioether (sulfide) groups is 1. The summed E-state index contributed by atoms with van der Waals surface area (Å²) in [4.78, 5) is 11.8. The highest BCUT2D eigenvalue weighted by Crippen LogP contribution is 2.25. The molecule has 0 aliphatic carbocycles. The number of nitrogens with zero attached hydrogens (tertiary/aromatic N) is 2. The van der Waals surface area contributed by atoms with Crippen molar-refractivity contribution in [2.24, 2.45) is 0 Å². The Balaban J connectivity index is 1.35. The molecular formula is C14H18N4O3S2. The predicted molar refractivity (Wildman–Crippen MR) is 88.7 cm³/mol. The second-order valence-electron chi connectivity index (χ2n) is 5.03. The van der Waals surface area contributed by atoms with Crippen molar-refractivity contribution in [2.75, 3.05) is 24.2 Å². The van der Waals surface area contributed by atoms with Crippen LogP contribution in [0.15, 0.2) is 27.2 Å². The van der Waals surface area contributed by atoms with Gasteiger partial charge >= 0.3 is 0 Å². The first-order valence-corrected chi connectivity index (χ1v) is 9.20. The van der Waals surface area contributed by atoms with Crippen LogP contribution < -0.4 is 10.6 Å². The van der Waals surface area contributed by atoms with Gasteiger partial charge in [-0.05, 0) is 25.0 Å². The lowest BCUT2D eigenvalue weighted by atomic mass is 10.2. The van der Waals surface area contributed by atoms with Gasteiger partial charge in [0, 0.05) is 13.2 Å². The zero-order chi connectivity index (χ0) is 15.9. The summed E-state index contributed by atoms with van der Waals surface area (Å²) in [6.07, 6.45) is 3.90. The summed E-state index contributed by atoms with van der Waals surface area (Å²) in [5, 5.41) is 14.8. The third-order valence-corrected chi connectivity index (χ3v) is 5.29. The van der Waals surface area contributed by atoms with Gasteiger partial charge in [-0.3, -0.25) is 4.79 Å². The van der Waals surface area contributed by atoms with E-state index in [0.29, 0.717) is 24.0 Å². The Morgan fingerprint density at radius 1 is 1.48 bits per heavy atom. The molecule has 23 heavy (non-hydrogen) atoms. The molecule has 0 radical (unpaired) electrons. The van der Waals surface area contributed by atoms with Gasteiger partial charge in [-0.15, -0.1) is 10.2 Å². The number of carbonyl (C=O) groups is 1. The highest BCUT2D eigenvalue weighted by molar-refractivity contribution is 8.01. The smallest absolute Gasteiger partial charge is 0.230 e. The van der Waals surface area contributed by atoms with Crippen molar-refractivity contribution in [3.05, 3.63) is 24.2 Å². The molecule has 0 unspecified atom stereocenters. The molecule has 3 rings (SSSR count). The zero-order valence-electron chi connectivity index (χ0n) is 12.5. The Hall–Kier alpha value is -1.58. The van der Waals surface area contributed by atoms with Gasteiger partial charge in [0.05, 0.1) is 24.7 Å². The van der Waals surface area contributed by atoms with E-state index in [2.05, 4.69) is 20.8 Å². The second-order valence-corrected chi connectivity index (χ2v) is 7.23. The van der Waals surface area contributed by atoms with Crippen LogP contribution in [-0.4, -0.2) is 41.1 Å². The van der Waals surface area contributed by atoms with E-state index in [1.807, 2.05) is 12.1 Å². The van der Waals surface area contributed by atoms with Crippen LogP contribution in [0.1, 0.15) is 18.6 Å². The molecular weight excluding hydrogens is 336 g/mol. The highest BCUT2D eigenvalue weighted by Gasteiger charge is 2.16. The van der Waals surface area contributed by atoms with Crippen molar-refractivity contribution in [3.8, 4) is 0 Å². The molecule has 9 heteroatoms. The number of hydrogen-bond acceptors (Lipinski definition) is 8. The van der Waals surface area contributed by atoms with E-state index in [-0.39, 0.29) is 12.0 Å². The van der Waals surface area contributed by atoms with Crippen molar-refractivity contribution in [1.82, 2.24) is 15.5 Å². The maximum absolute atomic E-state index is 11.8. The largest absolute Gasteiger partial charge is 0.467 e. The molecule has 1 fully saturated rings. The van der Waals surface area contributed by atoms with E-state index in [1.54, 1.807) is 6.26 Å². The SMILES string of the molecule is O=C(CSc1nnc(NCc2ccco2)s1)NC[C@@H]1CCCO1. The van der Waals surface area contributed by atoms with Crippen LogP contribution in [0, 0.1) is 0 Å². The number of rotatable bonds is 8. The molecule has 1 saturated heterocycles. The normalized spacial score (nSPS) is 17.3. The van der Waals surface area contributed by atoms with Gasteiger partial charge < -0.3 is 19.8 Å². The molecule has 1 atom stereocenters. The first-order valence-electron chi connectivity index (χ1n) is 7.40. The fraction of sp³-hybridized carbons (Fsp3) is 0.500. The molecule has 0 bridgehead atoms. The van der Waals surface area contributed by atoms with Crippen LogP contribution in [0.5, 0.6) is 0 Å². The summed E-state index contributed by atoms with van der Waals surface area (Å²) >= 11 is 2.81. The van der Waals surface area contributed by atoms with Gasteiger partial charge in [0.2, 0.25) is 11.0 Å². The lowest BCUT2D eigenvalue weighted by molar-refractivity contribution is -0.119. The number of nitrogens with one attached hydrogen (secondary N) is 2. The van der Waals surface area contributed by atoms with Crippen LogP contribution in [0.25, 0.3) is 0 Å². The number of aromatic nitrogens is 2. The monoisotopic (exact) mass is 354 g/mol. The number of anilines is 1. The second kappa shape index (κ2) is 8.32. The van der Waals surface area contributed by atoms with Gasteiger partial charge in [-0.2, -0.15) is 0 Å². The standard InChI is InChI=1S/C14H18N4O3S2/c19-12(15-7-10-3-1-5-20-10)9-22-14-18-17-13(23-14)16-8-11-4-2-6-21-11/h2,4,6,10H,1,3,5,7-9H2,(H,15,19)(H,16,17)/t10-/m0/s1. The lowest BCUT2D eigenvalue weighted by Crippen LogP contribution is -2.32. The van der Waals surface area contributed by atoms with Crippen molar-refractivity contribution >= 4 is 34.1 Å². The van der Waals surface area contributed by atoms with Gasteiger partial charge in [-0.25, -0.2) is 0 Å². The van der Waals surface area contributed by atoms with E-state index in [1.165, 1.54) is 23.1 Å². The molecule has 3 heterocycles. The van der Waals surface area contributed by atoms with Crippen LogP contribution in [0.2, 0.25) is 0 Å². The lowest BCUT2D eigenvalue weighted by Gasteiger charge is -2.09. The van der Waals surface area contributed by atoms with Gasteiger partial charge in [-0.1, -0.05) is 23.1 Å². The molecule has 0 spiro atoms. The van der Waals surface area contributed by atoms with E-state index < -0.39 is 0 Å². The first-order chi connectivity index (χ1) is 11.3. The quantitative estimate of drug-likeness (QED) is 0.702. The van der Waals surface area contributed by atoms with Crippen LogP contribution in [-0.2, 0) is 16.1 Å². The van der Waals surface area contributed by atoms with E-state index in [9.17, 15) is 4.79 Å². The minimum atomic E-state index is -0.00852. The fourth-order valence-corrected chi connectivity index (χ4v) is 3.70. The summed E-state index contributed by atoms with van der Waals surface area (Å²) < 4.78 is 11.5. The zero-order valence-corrected chi connectivity index (χ0v) is 14.1. The number of amides is 1. The molecule has 0 aromatic carbocycles. The Bertz CT molecular complexity index is 611. The molecule has 2 aromatic heterocycles. The van der Waals surface area contributed by atoms with Crippen molar-refractivity contribution in [3.63, 3.8) is 0 Å². The average molecular weight is 354 g/mol. The first kappa shape index (κ1) is 16.3. The third kappa shape index (κ3) is 5.22. The molecule has 1 aliphatic rings. The van der Waals surface area contributed by atoms with Crippen molar-refractivity contribution in [1.29, 1.82) is 0 Å². The van der Waals surface area contributed by atoms with E-state index in [4.69, 9.17) is 9.15 Å². The molecule has 124 valence electrons. The third-order valence-electron chi connectivity index (χ3n) is 3.28. The van der Waals surface area contributed by atoms with Crippen molar-refractivity contribution < 1.29 is 13.9 Å². The molecule has 1 amide bonds. The Morgan fingerprint density at radius 2 is 2.43 bits per heavy atom. The van der Waals surface area contributed by atoms with Gasteiger partial charge in [0.15, 0.2) is 4.34 Å². The topological polar surface area (TPSA) is 89.3 Å². The molecule has 7 nitrogen and oxygen atoms in total. The molecule has 2 N–H and O–H groups in total. The minimum absolute atomic E-state index is 0.00852. The summed E-state index contributed by atoms with van der Waals surface area (Å²) in [6, 6.07) is 3.73. The highest BCUT2D eigenvalue weighted by atomic mass is 32.2. The van der Waals surface area contributed by atoms with E-state index >= 15 is 0 Å². The Morgan fingerprint density at radius 3 is 3.22 bits per heavy atom. The maximum atomic E-state index is 11.8. The average Bonchev–Trinajstić information content (AvgIpc) is 3.31. The van der Waals surface area contributed by atoms with Crippen LogP contribution in [0.3, 0.4) is 0 Å². The molecule has 0 saturated carbocycles.